The highest BCUT2D eigenvalue weighted by Crippen LogP contribution is 2.38. The zero-order valence-corrected chi connectivity index (χ0v) is 14.3. The van der Waals surface area contributed by atoms with E-state index in [1.165, 1.54) is 0 Å². The second kappa shape index (κ2) is 7.20. The molecule has 5 heteroatoms. The molecular weight excluding hydrogens is 341 g/mol. The third-order valence-electron chi connectivity index (χ3n) is 4.09. The molecule has 1 aliphatic rings. The van der Waals surface area contributed by atoms with Crippen molar-refractivity contribution >= 4 is 35.6 Å². The van der Waals surface area contributed by atoms with Gasteiger partial charge in [-0.05, 0) is 54.8 Å². The van der Waals surface area contributed by atoms with Crippen molar-refractivity contribution in [3.8, 4) is 0 Å². The first-order chi connectivity index (χ1) is 10.1. The van der Waals surface area contributed by atoms with Crippen LogP contribution in [0.25, 0.3) is 0 Å². The first-order valence-electron chi connectivity index (χ1n) is 7.08. The third-order valence-corrected chi connectivity index (χ3v) is 4.56. The Morgan fingerprint density at radius 2 is 1.55 bits per heavy atom. The molecule has 2 aromatic carbocycles. The van der Waals surface area contributed by atoms with Crippen LogP contribution in [0.1, 0.15) is 24.0 Å². The van der Waals surface area contributed by atoms with Gasteiger partial charge in [-0.2, -0.15) is 0 Å². The lowest BCUT2D eigenvalue weighted by molar-refractivity contribution is 0.0442. The molecule has 22 heavy (non-hydrogen) atoms. The van der Waals surface area contributed by atoms with Gasteiger partial charge >= 0.3 is 0 Å². The molecular formula is C17H18Cl3NO. The van der Waals surface area contributed by atoms with Gasteiger partial charge in [0.2, 0.25) is 0 Å². The summed E-state index contributed by atoms with van der Waals surface area (Å²) in [5.41, 5.74) is 0.445. The molecule has 118 valence electrons. The Morgan fingerprint density at radius 3 is 1.95 bits per heavy atom. The van der Waals surface area contributed by atoms with E-state index < -0.39 is 5.60 Å². The molecule has 1 fully saturated rings. The number of nitrogens with one attached hydrogen (secondary N) is 1. The van der Waals surface area contributed by atoms with E-state index in [4.69, 9.17) is 23.2 Å². The van der Waals surface area contributed by atoms with Crippen molar-refractivity contribution in [2.75, 3.05) is 6.54 Å². The zero-order chi connectivity index (χ0) is 14.9. The van der Waals surface area contributed by atoms with Crippen molar-refractivity contribution < 1.29 is 5.11 Å². The molecule has 1 saturated heterocycles. The van der Waals surface area contributed by atoms with Gasteiger partial charge in [0.05, 0.1) is 0 Å². The molecule has 1 atom stereocenters. The summed E-state index contributed by atoms with van der Waals surface area (Å²) in [5, 5.41) is 16.2. The number of hydrogen-bond acceptors (Lipinski definition) is 2. The van der Waals surface area contributed by atoms with E-state index in [-0.39, 0.29) is 18.4 Å². The standard InChI is InChI=1S/C17H17Cl2NO.ClH/c18-14-6-1-4-12(10-14)17(21,16-8-3-9-20-16)13-5-2-7-15(19)11-13;/h1-2,4-7,10-11,16,20-21H,3,8-9H2;1H/t16-;/m0./s1. The highest BCUT2D eigenvalue weighted by atomic mass is 35.5. The predicted octanol–water partition coefficient (Wildman–Crippen LogP) is 4.40. The molecule has 0 saturated carbocycles. The lowest BCUT2D eigenvalue weighted by atomic mass is 9.79. The minimum absolute atomic E-state index is 0. The summed E-state index contributed by atoms with van der Waals surface area (Å²) in [5.74, 6) is 0. The highest BCUT2D eigenvalue weighted by Gasteiger charge is 2.41. The molecule has 0 bridgehead atoms. The molecule has 3 rings (SSSR count). The minimum Gasteiger partial charge on any atom is -0.379 e. The molecule has 0 aliphatic carbocycles. The van der Waals surface area contributed by atoms with Crippen LogP contribution in [0.4, 0.5) is 0 Å². The Balaban J connectivity index is 0.00000176. The molecule has 0 amide bonds. The van der Waals surface area contributed by atoms with Gasteiger partial charge in [0.25, 0.3) is 0 Å². The summed E-state index contributed by atoms with van der Waals surface area (Å²) in [7, 11) is 0. The monoisotopic (exact) mass is 357 g/mol. The molecule has 1 heterocycles. The number of aliphatic hydroxyl groups is 1. The fourth-order valence-electron chi connectivity index (χ4n) is 3.06. The largest absolute Gasteiger partial charge is 0.379 e. The van der Waals surface area contributed by atoms with Crippen LogP contribution in [0.5, 0.6) is 0 Å². The van der Waals surface area contributed by atoms with E-state index in [0.29, 0.717) is 10.0 Å². The summed E-state index contributed by atoms with van der Waals surface area (Å²) >= 11 is 12.2. The van der Waals surface area contributed by atoms with Crippen LogP contribution in [0.3, 0.4) is 0 Å². The van der Waals surface area contributed by atoms with Crippen molar-refractivity contribution in [2.45, 2.75) is 24.5 Å². The quantitative estimate of drug-likeness (QED) is 0.852. The Morgan fingerprint density at radius 1 is 1.00 bits per heavy atom. The van der Waals surface area contributed by atoms with Crippen LogP contribution in [0.15, 0.2) is 48.5 Å². The fourth-order valence-corrected chi connectivity index (χ4v) is 3.44. The van der Waals surface area contributed by atoms with Crippen LogP contribution in [-0.4, -0.2) is 17.7 Å². The summed E-state index contributed by atoms with van der Waals surface area (Å²) in [4.78, 5) is 0. The van der Waals surface area contributed by atoms with E-state index in [1.54, 1.807) is 0 Å². The second-order valence-corrected chi connectivity index (χ2v) is 6.31. The van der Waals surface area contributed by atoms with Gasteiger partial charge in [-0.1, -0.05) is 47.5 Å². The van der Waals surface area contributed by atoms with E-state index in [2.05, 4.69) is 5.32 Å². The van der Waals surface area contributed by atoms with E-state index in [9.17, 15) is 5.11 Å². The van der Waals surface area contributed by atoms with Crippen LogP contribution in [0, 0.1) is 0 Å². The van der Waals surface area contributed by atoms with Gasteiger partial charge in [0.1, 0.15) is 5.60 Å². The first-order valence-corrected chi connectivity index (χ1v) is 7.84. The molecule has 0 spiro atoms. The van der Waals surface area contributed by atoms with Gasteiger partial charge < -0.3 is 10.4 Å². The van der Waals surface area contributed by atoms with Crippen LogP contribution in [0.2, 0.25) is 10.0 Å². The maximum Gasteiger partial charge on any atom is 0.130 e. The molecule has 0 radical (unpaired) electrons. The Labute approximate surface area is 146 Å². The van der Waals surface area contributed by atoms with Crippen molar-refractivity contribution in [2.24, 2.45) is 0 Å². The molecule has 1 aliphatic heterocycles. The zero-order valence-electron chi connectivity index (χ0n) is 11.9. The average Bonchev–Trinajstić information content (AvgIpc) is 3.01. The van der Waals surface area contributed by atoms with Gasteiger partial charge in [-0.25, -0.2) is 0 Å². The summed E-state index contributed by atoms with van der Waals surface area (Å²) in [6.45, 7) is 0.911. The summed E-state index contributed by atoms with van der Waals surface area (Å²) < 4.78 is 0. The topological polar surface area (TPSA) is 32.3 Å². The van der Waals surface area contributed by atoms with Crippen molar-refractivity contribution in [3.05, 3.63) is 69.7 Å². The van der Waals surface area contributed by atoms with E-state index in [0.717, 1.165) is 30.5 Å². The number of benzene rings is 2. The SMILES string of the molecule is Cl.OC(c1cccc(Cl)c1)(c1cccc(Cl)c1)[C@@H]1CCCN1. The Bertz CT molecular complexity index is 596. The first kappa shape index (κ1) is 17.6. The maximum absolute atomic E-state index is 11.5. The molecule has 2 nitrogen and oxygen atoms in total. The van der Waals surface area contributed by atoms with Gasteiger partial charge in [-0.15, -0.1) is 12.4 Å². The third kappa shape index (κ3) is 3.27. The summed E-state index contributed by atoms with van der Waals surface area (Å²) in [6, 6.07) is 14.8. The van der Waals surface area contributed by atoms with Gasteiger partial charge in [0, 0.05) is 16.1 Å². The van der Waals surface area contributed by atoms with Gasteiger partial charge in [0.15, 0.2) is 0 Å². The van der Waals surface area contributed by atoms with Crippen LogP contribution in [-0.2, 0) is 5.60 Å². The molecule has 0 unspecified atom stereocenters. The summed E-state index contributed by atoms with van der Waals surface area (Å²) in [6.07, 6.45) is 1.96. The van der Waals surface area contributed by atoms with Crippen molar-refractivity contribution in [1.82, 2.24) is 5.32 Å². The molecule has 2 N–H and O–H groups in total. The van der Waals surface area contributed by atoms with Gasteiger partial charge in [-0.3, -0.25) is 0 Å². The fraction of sp³-hybridized carbons (Fsp3) is 0.294. The minimum atomic E-state index is -1.13. The van der Waals surface area contributed by atoms with E-state index >= 15 is 0 Å². The van der Waals surface area contributed by atoms with Crippen molar-refractivity contribution in [1.29, 1.82) is 0 Å². The number of halogens is 3. The predicted molar refractivity (Wildman–Crippen MR) is 94.2 cm³/mol. The lowest BCUT2D eigenvalue weighted by Gasteiger charge is -2.35. The number of hydrogen-bond donors (Lipinski definition) is 2. The second-order valence-electron chi connectivity index (χ2n) is 5.44. The Kier molecular flexibility index (Phi) is 5.76. The smallest absolute Gasteiger partial charge is 0.130 e. The maximum atomic E-state index is 11.5. The normalized spacial score (nSPS) is 18.0. The van der Waals surface area contributed by atoms with Crippen molar-refractivity contribution in [3.63, 3.8) is 0 Å². The number of rotatable bonds is 3. The van der Waals surface area contributed by atoms with Crippen LogP contribution >= 0.6 is 35.6 Å². The highest BCUT2D eigenvalue weighted by molar-refractivity contribution is 6.31. The lowest BCUT2D eigenvalue weighted by Crippen LogP contribution is -2.46. The molecule has 2 aromatic rings. The van der Waals surface area contributed by atoms with E-state index in [1.807, 2.05) is 48.5 Å². The average molecular weight is 359 g/mol. The van der Waals surface area contributed by atoms with Crippen LogP contribution < -0.4 is 5.32 Å². The Hall–Kier alpha value is -0.770. The molecule has 0 aromatic heterocycles.